The summed E-state index contributed by atoms with van der Waals surface area (Å²) < 4.78 is 9.62. The van der Waals surface area contributed by atoms with Gasteiger partial charge in [0.25, 0.3) is 0 Å². The summed E-state index contributed by atoms with van der Waals surface area (Å²) in [5.41, 5.74) is 0.818. The number of allylic oxidation sites excluding steroid dienone is 1. The standard InChI is InChI=1S/C14H22O2.C4H6O2/c1-11(10-12-6-2-3-7-12)14(15)16-13-8-4-5-9-13;1-3-4(5)6-2/h10,12-13H,2-9H2,1H3;3H,1H2,2H3. The molecule has 0 saturated heterocycles. The highest BCUT2D eigenvalue weighted by Crippen LogP contribution is 2.27. The van der Waals surface area contributed by atoms with Crippen LogP contribution in [0.2, 0.25) is 0 Å². The Morgan fingerprint density at radius 3 is 2.05 bits per heavy atom. The maximum absolute atomic E-state index is 11.8. The van der Waals surface area contributed by atoms with Gasteiger partial charge < -0.3 is 9.47 Å². The lowest BCUT2D eigenvalue weighted by Crippen LogP contribution is -2.15. The molecule has 0 atom stereocenters. The predicted octanol–water partition coefficient (Wildman–Crippen LogP) is 3.95. The molecular weight excluding hydrogens is 280 g/mol. The van der Waals surface area contributed by atoms with Gasteiger partial charge in [-0.15, -0.1) is 0 Å². The molecule has 4 heteroatoms. The van der Waals surface area contributed by atoms with Gasteiger partial charge in [0.1, 0.15) is 6.10 Å². The van der Waals surface area contributed by atoms with Crippen molar-refractivity contribution in [2.45, 2.75) is 64.4 Å². The molecule has 0 amide bonds. The summed E-state index contributed by atoms with van der Waals surface area (Å²) in [5, 5.41) is 0. The van der Waals surface area contributed by atoms with Crippen LogP contribution in [-0.4, -0.2) is 25.2 Å². The third-order valence-corrected chi connectivity index (χ3v) is 4.15. The van der Waals surface area contributed by atoms with Crippen LogP contribution >= 0.6 is 0 Å². The lowest BCUT2D eigenvalue weighted by atomic mass is 10.1. The Morgan fingerprint density at radius 1 is 1.05 bits per heavy atom. The predicted molar refractivity (Wildman–Crippen MR) is 86.3 cm³/mol. The normalized spacial score (nSPS) is 19.3. The summed E-state index contributed by atoms with van der Waals surface area (Å²) in [6.07, 6.45) is 13.1. The quantitative estimate of drug-likeness (QED) is 0.583. The fraction of sp³-hybridized carbons (Fsp3) is 0.667. The molecule has 0 aromatic carbocycles. The van der Waals surface area contributed by atoms with Crippen molar-refractivity contribution in [1.29, 1.82) is 0 Å². The van der Waals surface area contributed by atoms with Gasteiger partial charge in [-0.25, -0.2) is 9.59 Å². The fourth-order valence-electron chi connectivity index (χ4n) is 2.88. The second kappa shape index (κ2) is 10.2. The fourth-order valence-corrected chi connectivity index (χ4v) is 2.88. The Kier molecular flexibility index (Phi) is 8.56. The van der Waals surface area contributed by atoms with Crippen molar-refractivity contribution >= 4 is 11.9 Å². The number of rotatable bonds is 4. The van der Waals surface area contributed by atoms with E-state index in [2.05, 4.69) is 17.4 Å². The summed E-state index contributed by atoms with van der Waals surface area (Å²) >= 11 is 0. The zero-order chi connectivity index (χ0) is 16.4. The monoisotopic (exact) mass is 308 g/mol. The van der Waals surface area contributed by atoms with Crippen LogP contribution < -0.4 is 0 Å². The highest BCUT2D eigenvalue weighted by molar-refractivity contribution is 5.87. The third kappa shape index (κ3) is 6.92. The molecule has 2 saturated carbocycles. The lowest BCUT2D eigenvalue weighted by Gasteiger charge is -2.12. The molecule has 124 valence electrons. The largest absolute Gasteiger partial charge is 0.466 e. The molecule has 0 spiro atoms. The maximum Gasteiger partial charge on any atom is 0.333 e. The minimum Gasteiger partial charge on any atom is -0.466 e. The van der Waals surface area contributed by atoms with Crippen molar-refractivity contribution in [3.8, 4) is 0 Å². The number of carbonyl (C=O) groups excluding carboxylic acids is 2. The van der Waals surface area contributed by atoms with E-state index in [9.17, 15) is 9.59 Å². The molecule has 2 aliphatic carbocycles. The van der Waals surface area contributed by atoms with Gasteiger partial charge in [-0.05, 0) is 51.4 Å². The summed E-state index contributed by atoms with van der Waals surface area (Å²) in [5.74, 6) is 0.143. The van der Waals surface area contributed by atoms with Crippen LogP contribution in [0.4, 0.5) is 0 Å². The summed E-state index contributed by atoms with van der Waals surface area (Å²) in [7, 11) is 1.31. The summed E-state index contributed by atoms with van der Waals surface area (Å²) in [4.78, 5) is 21.6. The van der Waals surface area contributed by atoms with Gasteiger partial charge in [0.2, 0.25) is 0 Å². The molecule has 0 aliphatic heterocycles. The Labute approximate surface area is 133 Å². The molecule has 4 nitrogen and oxygen atoms in total. The molecule has 0 aromatic heterocycles. The first-order valence-corrected chi connectivity index (χ1v) is 8.16. The molecule has 2 fully saturated rings. The average Bonchev–Trinajstić information content (AvgIpc) is 3.20. The van der Waals surface area contributed by atoms with Crippen LogP contribution in [0.3, 0.4) is 0 Å². The SMILES string of the molecule is C=CC(=O)OC.CC(=CC1CCCC1)C(=O)OC1CCCC1. The second-order valence-corrected chi connectivity index (χ2v) is 5.93. The van der Waals surface area contributed by atoms with Crippen molar-refractivity contribution in [2.24, 2.45) is 5.92 Å². The van der Waals surface area contributed by atoms with E-state index >= 15 is 0 Å². The van der Waals surface area contributed by atoms with Crippen molar-refractivity contribution in [2.75, 3.05) is 7.11 Å². The zero-order valence-corrected chi connectivity index (χ0v) is 13.8. The molecule has 22 heavy (non-hydrogen) atoms. The summed E-state index contributed by atoms with van der Waals surface area (Å²) in [6.45, 7) is 5.06. The number of esters is 2. The Morgan fingerprint density at radius 2 is 1.59 bits per heavy atom. The molecular formula is C18H28O4. The minimum atomic E-state index is -0.394. The van der Waals surface area contributed by atoms with Gasteiger partial charge in [-0.2, -0.15) is 0 Å². The van der Waals surface area contributed by atoms with Crippen LogP contribution in [0.1, 0.15) is 58.3 Å². The van der Waals surface area contributed by atoms with E-state index in [4.69, 9.17) is 4.74 Å². The van der Waals surface area contributed by atoms with E-state index < -0.39 is 5.97 Å². The molecule has 0 aromatic rings. The third-order valence-electron chi connectivity index (χ3n) is 4.15. The van der Waals surface area contributed by atoms with E-state index in [0.29, 0.717) is 5.92 Å². The molecule has 0 unspecified atom stereocenters. The maximum atomic E-state index is 11.8. The molecule has 0 bridgehead atoms. The Bertz CT molecular complexity index is 399. The number of ether oxygens (including phenoxy) is 2. The molecule has 0 radical (unpaired) electrons. The van der Waals surface area contributed by atoms with E-state index in [0.717, 1.165) is 24.5 Å². The van der Waals surface area contributed by atoms with Gasteiger partial charge in [-0.1, -0.05) is 25.5 Å². The minimum absolute atomic E-state index is 0.0844. The van der Waals surface area contributed by atoms with E-state index in [1.54, 1.807) is 0 Å². The molecule has 0 heterocycles. The zero-order valence-electron chi connectivity index (χ0n) is 13.8. The average molecular weight is 308 g/mol. The van der Waals surface area contributed by atoms with Crippen molar-refractivity contribution in [3.63, 3.8) is 0 Å². The second-order valence-electron chi connectivity index (χ2n) is 5.93. The number of hydrogen-bond acceptors (Lipinski definition) is 4. The lowest BCUT2D eigenvalue weighted by molar-refractivity contribution is -0.144. The van der Waals surface area contributed by atoms with E-state index in [-0.39, 0.29) is 12.1 Å². The van der Waals surface area contributed by atoms with Gasteiger partial charge in [0, 0.05) is 11.6 Å². The Balaban J connectivity index is 0.000000346. The van der Waals surface area contributed by atoms with Crippen molar-refractivity contribution in [1.82, 2.24) is 0 Å². The number of methoxy groups -OCH3 is 1. The molecule has 0 N–H and O–H groups in total. The van der Waals surface area contributed by atoms with Crippen LogP contribution in [-0.2, 0) is 19.1 Å². The van der Waals surface area contributed by atoms with Crippen molar-refractivity contribution < 1.29 is 19.1 Å². The van der Waals surface area contributed by atoms with Crippen LogP contribution in [0.5, 0.6) is 0 Å². The van der Waals surface area contributed by atoms with Crippen molar-refractivity contribution in [3.05, 3.63) is 24.3 Å². The smallest absolute Gasteiger partial charge is 0.333 e. The van der Waals surface area contributed by atoms with Gasteiger partial charge in [0.15, 0.2) is 0 Å². The summed E-state index contributed by atoms with van der Waals surface area (Å²) in [6, 6.07) is 0. The van der Waals surface area contributed by atoms with E-state index in [1.165, 1.54) is 45.6 Å². The van der Waals surface area contributed by atoms with Crippen LogP contribution in [0, 0.1) is 5.92 Å². The highest BCUT2D eigenvalue weighted by Gasteiger charge is 2.21. The van der Waals surface area contributed by atoms with Gasteiger partial charge in [0.05, 0.1) is 7.11 Å². The van der Waals surface area contributed by atoms with E-state index in [1.807, 2.05) is 6.92 Å². The topological polar surface area (TPSA) is 52.6 Å². The molecule has 2 aliphatic rings. The first-order chi connectivity index (χ1) is 10.6. The first-order valence-electron chi connectivity index (χ1n) is 8.16. The highest BCUT2D eigenvalue weighted by atomic mass is 16.5. The van der Waals surface area contributed by atoms with Crippen LogP contribution in [0.25, 0.3) is 0 Å². The van der Waals surface area contributed by atoms with Gasteiger partial charge >= 0.3 is 11.9 Å². The molecule has 2 rings (SSSR count). The number of hydrogen-bond donors (Lipinski definition) is 0. The Hall–Kier alpha value is -1.58. The van der Waals surface area contributed by atoms with Gasteiger partial charge in [-0.3, -0.25) is 0 Å². The van der Waals surface area contributed by atoms with Crippen LogP contribution in [0.15, 0.2) is 24.3 Å². The number of carbonyl (C=O) groups is 2. The first kappa shape index (κ1) is 18.5.